The van der Waals surface area contributed by atoms with Crippen LogP contribution in [0.2, 0.25) is 0 Å². The van der Waals surface area contributed by atoms with E-state index in [0.717, 1.165) is 5.56 Å². The molecule has 1 aromatic rings. The molecule has 1 unspecified atom stereocenters. The lowest BCUT2D eigenvalue weighted by atomic mass is 9.92. The molecule has 1 aliphatic heterocycles. The second-order valence-electron chi connectivity index (χ2n) is 4.60. The molecular weight excluding hydrogens is 209 g/mol. The molecule has 86 valence electrons. The second-order valence-corrected chi connectivity index (χ2v) is 4.60. The van der Waals surface area contributed by atoms with Gasteiger partial charge >= 0.3 is 6.09 Å². The number of hydrogen-bond donors (Lipinski definition) is 1. The van der Waals surface area contributed by atoms with Crippen LogP contribution in [-0.4, -0.2) is 11.7 Å². The van der Waals surface area contributed by atoms with Crippen LogP contribution in [0.3, 0.4) is 0 Å². The minimum absolute atomic E-state index is 0.114. The standard InChI is InChI=1S/C12H14FNO2/c1-12(2)7-10(14-11(15)16-12)8-3-5-9(13)6-4-8/h3-6,10H,7H2,1-2H3,(H,14,15). The van der Waals surface area contributed by atoms with Gasteiger partial charge in [0, 0.05) is 6.42 Å². The molecule has 1 N–H and O–H groups in total. The summed E-state index contributed by atoms with van der Waals surface area (Å²) in [7, 11) is 0. The Balaban J connectivity index is 2.21. The Morgan fingerprint density at radius 1 is 1.38 bits per heavy atom. The minimum atomic E-state index is -0.485. The van der Waals surface area contributed by atoms with Crippen LogP contribution in [0.1, 0.15) is 31.9 Å². The number of carbonyl (C=O) groups is 1. The van der Waals surface area contributed by atoms with Gasteiger partial charge in [-0.15, -0.1) is 0 Å². The van der Waals surface area contributed by atoms with Gasteiger partial charge in [0.25, 0.3) is 0 Å². The molecule has 1 saturated heterocycles. The normalized spacial score (nSPS) is 23.4. The predicted molar refractivity (Wildman–Crippen MR) is 57.5 cm³/mol. The number of hydrogen-bond acceptors (Lipinski definition) is 2. The van der Waals surface area contributed by atoms with Gasteiger partial charge in [0.1, 0.15) is 11.4 Å². The topological polar surface area (TPSA) is 38.3 Å². The van der Waals surface area contributed by atoms with Gasteiger partial charge in [-0.05, 0) is 31.5 Å². The largest absolute Gasteiger partial charge is 0.443 e. The Kier molecular flexibility index (Phi) is 2.58. The lowest BCUT2D eigenvalue weighted by Gasteiger charge is -2.35. The highest BCUT2D eigenvalue weighted by atomic mass is 19.1. The Morgan fingerprint density at radius 3 is 2.56 bits per heavy atom. The third kappa shape index (κ3) is 2.32. The number of rotatable bonds is 1. The molecule has 0 saturated carbocycles. The molecule has 1 atom stereocenters. The highest BCUT2D eigenvalue weighted by Gasteiger charge is 2.34. The summed E-state index contributed by atoms with van der Waals surface area (Å²) in [5, 5.41) is 2.72. The van der Waals surface area contributed by atoms with E-state index in [1.165, 1.54) is 12.1 Å². The summed E-state index contributed by atoms with van der Waals surface area (Å²) in [5.74, 6) is -0.276. The fraction of sp³-hybridized carbons (Fsp3) is 0.417. The number of ether oxygens (including phenoxy) is 1. The molecule has 16 heavy (non-hydrogen) atoms. The van der Waals surface area contributed by atoms with Crippen molar-refractivity contribution in [2.45, 2.75) is 31.9 Å². The Hall–Kier alpha value is -1.58. The molecule has 0 radical (unpaired) electrons. The van der Waals surface area contributed by atoms with Gasteiger partial charge in [-0.3, -0.25) is 0 Å². The van der Waals surface area contributed by atoms with Crippen LogP contribution >= 0.6 is 0 Å². The first-order valence-electron chi connectivity index (χ1n) is 5.21. The molecule has 0 spiro atoms. The van der Waals surface area contributed by atoms with Crippen molar-refractivity contribution < 1.29 is 13.9 Å². The van der Waals surface area contributed by atoms with E-state index >= 15 is 0 Å². The van der Waals surface area contributed by atoms with E-state index in [9.17, 15) is 9.18 Å². The molecule has 0 aromatic heterocycles. The smallest absolute Gasteiger partial charge is 0.408 e. The van der Waals surface area contributed by atoms with Crippen molar-refractivity contribution in [1.82, 2.24) is 5.32 Å². The summed E-state index contributed by atoms with van der Waals surface area (Å²) in [6, 6.07) is 6.04. The average molecular weight is 223 g/mol. The molecule has 0 aliphatic carbocycles. The Morgan fingerprint density at radius 2 is 2.00 bits per heavy atom. The molecule has 1 amide bonds. The summed E-state index contributed by atoms with van der Waals surface area (Å²) in [6.07, 6.45) is 0.246. The third-order valence-electron chi connectivity index (χ3n) is 2.63. The zero-order valence-electron chi connectivity index (χ0n) is 9.29. The van der Waals surface area contributed by atoms with Crippen LogP contribution in [0.25, 0.3) is 0 Å². The Bertz CT molecular complexity index is 400. The number of halogens is 1. The molecule has 3 nitrogen and oxygen atoms in total. The van der Waals surface area contributed by atoms with E-state index in [0.29, 0.717) is 6.42 Å². The van der Waals surface area contributed by atoms with Crippen LogP contribution < -0.4 is 5.32 Å². The molecule has 1 aliphatic rings. The number of alkyl carbamates (subject to hydrolysis) is 1. The zero-order valence-corrected chi connectivity index (χ0v) is 9.29. The first-order chi connectivity index (χ1) is 7.46. The lowest BCUT2D eigenvalue weighted by molar-refractivity contribution is -0.000276. The quantitative estimate of drug-likeness (QED) is 0.795. The van der Waals surface area contributed by atoms with Crippen LogP contribution in [-0.2, 0) is 4.74 Å². The summed E-state index contributed by atoms with van der Waals surface area (Å²) in [4.78, 5) is 11.3. The van der Waals surface area contributed by atoms with E-state index in [1.54, 1.807) is 12.1 Å². The predicted octanol–water partition coefficient (Wildman–Crippen LogP) is 2.78. The maximum Gasteiger partial charge on any atom is 0.408 e. The van der Waals surface area contributed by atoms with E-state index in [2.05, 4.69) is 5.32 Å². The van der Waals surface area contributed by atoms with E-state index in [-0.39, 0.29) is 11.9 Å². The van der Waals surface area contributed by atoms with Crippen LogP contribution in [0.15, 0.2) is 24.3 Å². The van der Waals surface area contributed by atoms with Crippen molar-refractivity contribution >= 4 is 6.09 Å². The van der Waals surface area contributed by atoms with Crippen molar-refractivity contribution in [2.24, 2.45) is 0 Å². The first kappa shape index (κ1) is 10.9. The minimum Gasteiger partial charge on any atom is -0.443 e. The number of cyclic esters (lactones) is 1. The highest BCUT2D eigenvalue weighted by Crippen LogP contribution is 2.30. The van der Waals surface area contributed by atoms with Gasteiger partial charge in [0.15, 0.2) is 0 Å². The van der Waals surface area contributed by atoms with Crippen molar-refractivity contribution in [3.63, 3.8) is 0 Å². The van der Waals surface area contributed by atoms with Gasteiger partial charge < -0.3 is 10.1 Å². The third-order valence-corrected chi connectivity index (χ3v) is 2.63. The van der Waals surface area contributed by atoms with Crippen molar-refractivity contribution in [2.75, 3.05) is 0 Å². The van der Waals surface area contributed by atoms with Crippen LogP contribution in [0.4, 0.5) is 9.18 Å². The number of benzene rings is 1. The van der Waals surface area contributed by atoms with Gasteiger partial charge in [-0.2, -0.15) is 0 Å². The molecule has 2 rings (SSSR count). The summed E-state index contributed by atoms with van der Waals surface area (Å²) >= 11 is 0. The fourth-order valence-corrected chi connectivity index (χ4v) is 1.90. The van der Waals surface area contributed by atoms with E-state index in [1.807, 2.05) is 13.8 Å². The highest BCUT2D eigenvalue weighted by molar-refractivity contribution is 5.69. The van der Waals surface area contributed by atoms with E-state index in [4.69, 9.17) is 4.74 Å². The van der Waals surface area contributed by atoms with Gasteiger partial charge in [0.2, 0.25) is 0 Å². The fourth-order valence-electron chi connectivity index (χ4n) is 1.90. The number of amides is 1. The first-order valence-corrected chi connectivity index (χ1v) is 5.21. The second kappa shape index (κ2) is 3.77. The number of nitrogens with one attached hydrogen (secondary N) is 1. The van der Waals surface area contributed by atoms with Crippen LogP contribution in [0, 0.1) is 5.82 Å². The molecule has 1 aromatic carbocycles. The SMILES string of the molecule is CC1(C)CC(c2ccc(F)cc2)NC(=O)O1. The van der Waals surface area contributed by atoms with Crippen molar-refractivity contribution in [1.29, 1.82) is 0 Å². The molecule has 1 fully saturated rings. The Labute approximate surface area is 93.6 Å². The summed E-state index contributed by atoms with van der Waals surface area (Å²) < 4.78 is 17.9. The lowest BCUT2D eigenvalue weighted by Crippen LogP contribution is -2.45. The van der Waals surface area contributed by atoms with Crippen LogP contribution in [0.5, 0.6) is 0 Å². The van der Waals surface area contributed by atoms with Gasteiger partial charge in [-0.1, -0.05) is 12.1 Å². The monoisotopic (exact) mass is 223 g/mol. The number of carbonyl (C=O) groups excluding carboxylic acids is 1. The molecule has 0 bridgehead atoms. The maximum absolute atomic E-state index is 12.8. The summed E-state index contributed by atoms with van der Waals surface area (Å²) in [5.41, 5.74) is 0.410. The molecular formula is C12H14FNO2. The molecule has 4 heteroatoms. The maximum atomic E-state index is 12.8. The van der Waals surface area contributed by atoms with E-state index < -0.39 is 11.7 Å². The zero-order chi connectivity index (χ0) is 11.8. The van der Waals surface area contributed by atoms with Crippen molar-refractivity contribution in [3.05, 3.63) is 35.6 Å². The van der Waals surface area contributed by atoms with Gasteiger partial charge in [-0.25, -0.2) is 9.18 Å². The molecule has 1 heterocycles. The average Bonchev–Trinajstić information content (AvgIpc) is 2.15. The summed E-state index contributed by atoms with van der Waals surface area (Å²) in [6.45, 7) is 3.73. The van der Waals surface area contributed by atoms with Gasteiger partial charge in [0.05, 0.1) is 6.04 Å². The van der Waals surface area contributed by atoms with Crippen molar-refractivity contribution in [3.8, 4) is 0 Å².